The first kappa shape index (κ1) is 16.4. The summed E-state index contributed by atoms with van der Waals surface area (Å²) in [5.41, 5.74) is 10.3. The summed E-state index contributed by atoms with van der Waals surface area (Å²) in [6, 6.07) is 17.3. The molecule has 0 spiro atoms. The lowest BCUT2D eigenvalue weighted by molar-refractivity contribution is 0.477. The van der Waals surface area contributed by atoms with Crippen LogP contribution in [0, 0.1) is 0 Å². The smallest absolute Gasteiger partial charge is 0.154 e. The Balaban J connectivity index is 1.67. The minimum Gasteiger partial charge on any atom is -0.507 e. The number of rotatable bonds is 3. The monoisotopic (exact) mass is 347 g/mol. The van der Waals surface area contributed by atoms with Crippen molar-refractivity contribution in [2.75, 3.05) is 36.8 Å². The largest absolute Gasteiger partial charge is 0.507 e. The molecule has 1 aliphatic rings. The van der Waals surface area contributed by atoms with Gasteiger partial charge in [0.2, 0.25) is 0 Å². The molecular formula is C20H21N5O. The number of hydrogen-bond acceptors (Lipinski definition) is 6. The normalized spacial score (nSPS) is 14.4. The second kappa shape index (κ2) is 7.01. The van der Waals surface area contributed by atoms with E-state index in [9.17, 15) is 5.11 Å². The van der Waals surface area contributed by atoms with Crippen molar-refractivity contribution >= 4 is 11.5 Å². The number of nitrogens with zero attached hydrogens (tertiary/aromatic N) is 3. The number of piperazine rings is 1. The Bertz CT molecular complexity index is 904. The van der Waals surface area contributed by atoms with Crippen LogP contribution in [0.3, 0.4) is 0 Å². The maximum absolute atomic E-state index is 10.1. The highest BCUT2D eigenvalue weighted by Gasteiger charge is 2.13. The third kappa shape index (κ3) is 3.19. The summed E-state index contributed by atoms with van der Waals surface area (Å²) >= 11 is 0. The lowest BCUT2D eigenvalue weighted by atomic mass is 10.0. The quantitative estimate of drug-likeness (QED) is 0.675. The van der Waals surface area contributed by atoms with E-state index in [1.807, 2.05) is 18.2 Å². The average molecular weight is 347 g/mol. The summed E-state index contributed by atoms with van der Waals surface area (Å²) in [5, 5.41) is 21.6. The fraction of sp³-hybridized carbons (Fsp3) is 0.200. The standard InChI is InChI=1S/C20H21N5O/c21-20-17(13-18(23-24-20)16-3-1-2-4-19(16)26)14-5-7-15(8-6-14)25-11-9-22-10-12-25/h1-8,13,22,26H,9-12H2,(H2,21,24). The molecule has 2 heterocycles. The molecule has 0 radical (unpaired) electrons. The van der Waals surface area contributed by atoms with Gasteiger partial charge in [-0.2, -0.15) is 0 Å². The highest BCUT2D eigenvalue weighted by atomic mass is 16.3. The Morgan fingerprint density at radius 3 is 2.38 bits per heavy atom. The van der Waals surface area contributed by atoms with Crippen LogP contribution < -0.4 is 16.0 Å². The Kier molecular flexibility index (Phi) is 4.41. The predicted octanol–water partition coefficient (Wildman–Crippen LogP) is 2.51. The number of hydrogen-bond donors (Lipinski definition) is 3. The van der Waals surface area contributed by atoms with E-state index >= 15 is 0 Å². The first-order valence-corrected chi connectivity index (χ1v) is 8.70. The van der Waals surface area contributed by atoms with Gasteiger partial charge in [0.25, 0.3) is 0 Å². The first-order valence-electron chi connectivity index (χ1n) is 8.70. The van der Waals surface area contributed by atoms with Crippen molar-refractivity contribution in [3.8, 4) is 28.1 Å². The van der Waals surface area contributed by atoms with Gasteiger partial charge in [-0.05, 0) is 35.9 Å². The number of phenolic OH excluding ortho intramolecular Hbond substituents is 1. The number of nitrogens with two attached hydrogens (primary N) is 1. The number of aromatic hydroxyl groups is 1. The number of nitrogens with one attached hydrogen (secondary N) is 1. The molecule has 0 amide bonds. The van der Waals surface area contributed by atoms with Crippen molar-refractivity contribution in [3.05, 3.63) is 54.6 Å². The van der Waals surface area contributed by atoms with Crippen LogP contribution >= 0.6 is 0 Å². The van der Waals surface area contributed by atoms with Crippen LogP contribution in [0.4, 0.5) is 11.5 Å². The molecule has 6 heteroatoms. The molecule has 0 saturated carbocycles. The van der Waals surface area contributed by atoms with Crippen molar-refractivity contribution in [3.63, 3.8) is 0 Å². The predicted molar refractivity (Wildman–Crippen MR) is 104 cm³/mol. The molecule has 6 nitrogen and oxygen atoms in total. The summed E-state index contributed by atoms with van der Waals surface area (Å²) in [5.74, 6) is 0.547. The van der Waals surface area contributed by atoms with Crippen molar-refractivity contribution in [1.82, 2.24) is 15.5 Å². The van der Waals surface area contributed by atoms with Crippen molar-refractivity contribution in [1.29, 1.82) is 0 Å². The lowest BCUT2D eigenvalue weighted by Gasteiger charge is -2.29. The molecule has 0 bridgehead atoms. The van der Waals surface area contributed by atoms with E-state index < -0.39 is 0 Å². The molecular weight excluding hydrogens is 326 g/mol. The SMILES string of the molecule is Nc1nnc(-c2ccccc2O)cc1-c1ccc(N2CCNCC2)cc1. The highest BCUT2D eigenvalue weighted by Crippen LogP contribution is 2.32. The van der Waals surface area contributed by atoms with Crippen molar-refractivity contribution in [2.24, 2.45) is 0 Å². The third-order valence-corrected chi connectivity index (χ3v) is 4.66. The van der Waals surface area contributed by atoms with Crippen LogP contribution in [0.25, 0.3) is 22.4 Å². The third-order valence-electron chi connectivity index (χ3n) is 4.66. The van der Waals surface area contributed by atoms with Gasteiger partial charge in [0, 0.05) is 43.0 Å². The topological polar surface area (TPSA) is 87.3 Å². The molecule has 1 aliphatic heterocycles. The summed E-state index contributed by atoms with van der Waals surface area (Å²) in [6.07, 6.45) is 0. The Labute approximate surface area is 152 Å². The second-order valence-corrected chi connectivity index (χ2v) is 6.33. The van der Waals surface area contributed by atoms with Crippen LogP contribution in [0.5, 0.6) is 5.75 Å². The fourth-order valence-corrected chi connectivity index (χ4v) is 3.23. The zero-order valence-electron chi connectivity index (χ0n) is 14.4. The molecule has 2 aromatic carbocycles. The molecule has 26 heavy (non-hydrogen) atoms. The summed E-state index contributed by atoms with van der Waals surface area (Å²) in [7, 11) is 0. The first-order chi connectivity index (χ1) is 12.7. The fourth-order valence-electron chi connectivity index (χ4n) is 3.23. The molecule has 0 aliphatic carbocycles. The van der Waals surface area contributed by atoms with E-state index in [0.717, 1.165) is 37.3 Å². The minimum atomic E-state index is 0.173. The number of nitrogen functional groups attached to an aromatic ring is 1. The zero-order valence-corrected chi connectivity index (χ0v) is 14.4. The van der Waals surface area contributed by atoms with Gasteiger partial charge >= 0.3 is 0 Å². The van der Waals surface area contributed by atoms with Gasteiger partial charge in [0.05, 0.1) is 5.69 Å². The average Bonchev–Trinajstić information content (AvgIpc) is 2.70. The number of anilines is 2. The Morgan fingerprint density at radius 1 is 0.923 bits per heavy atom. The van der Waals surface area contributed by atoms with Gasteiger partial charge in [-0.3, -0.25) is 0 Å². The maximum atomic E-state index is 10.1. The number of para-hydroxylation sites is 1. The molecule has 1 fully saturated rings. The number of benzene rings is 2. The van der Waals surface area contributed by atoms with Gasteiger partial charge in [-0.25, -0.2) is 0 Å². The van der Waals surface area contributed by atoms with E-state index in [4.69, 9.17) is 5.73 Å². The van der Waals surface area contributed by atoms with E-state index in [1.54, 1.807) is 12.1 Å². The van der Waals surface area contributed by atoms with Crippen molar-refractivity contribution < 1.29 is 5.11 Å². The molecule has 4 rings (SSSR count). The molecule has 0 atom stereocenters. The van der Waals surface area contributed by atoms with Crippen LogP contribution in [0.1, 0.15) is 0 Å². The van der Waals surface area contributed by atoms with Crippen LogP contribution in [0.2, 0.25) is 0 Å². The molecule has 1 aromatic heterocycles. The Morgan fingerprint density at radius 2 is 1.65 bits per heavy atom. The van der Waals surface area contributed by atoms with E-state index in [0.29, 0.717) is 17.1 Å². The van der Waals surface area contributed by atoms with Gasteiger partial charge in [-0.1, -0.05) is 24.3 Å². The van der Waals surface area contributed by atoms with Gasteiger partial charge < -0.3 is 21.1 Å². The summed E-state index contributed by atoms with van der Waals surface area (Å²) in [6.45, 7) is 4.03. The number of phenols is 1. The Hall–Kier alpha value is -3.12. The maximum Gasteiger partial charge on any atom is 0.154 e. The van der Waals surface area contributed by atoms with E-state index in [-0.39, 0.29) is 5.75 Å². The summed E-state index contributed by atoms with van der Waals surface area (Å²) < 4.78 is 0. The highest BCUT2D eigenvalue weighted by molar-refractivity contribution is 5.79. The van der Waals surface area contributed by atoms with E-state index in [1.165, 1.54) is 5.69 Å². The van der Waals surface area contributed by atoms with Gasteiger partial charge in [0.15, 0.2) is 5.82 Å². The zero-order chi connectivity index (χ0) is 17.9. The molecule has 1 saturated heterocycles. The molecule has 3 aromatic rings. The molecule has 132 valence electrons. The van der Waals surface area contributed by atoms with Crippen LogP contribution in [0.15, 0.2) is 54.6 Å². The van der Waals surface area contributed by atoms with Crippen molar-refractivity contribution in [2.45, 2.75) is 0 Å². The minimum absolute atomic E-state index is 0.173. The van der Waals surface area contributed by atoms with Crippen LogP contribution in [-0.4, -0.2) is 41.5 Å². The molecule has 4 N–H and O–H groups in total. The second-order valence-electron chi connectivity index (χ2n) is 6.33. The summed E-state index contributed by atoms with van der Waals surface area (Å²) in [4.78, 5) is 2.36. The van der Waals surface area contributed by atoms with E-state index in [2.05, 4.69) is 44.7 Å². The number of aromatic nitrogens is 2. The van der Waals surface area contributed by atoms with Gasteiger partial charge in [0.1, 0.15) is 5.75 Å². The molecule has 0 unspecified atom stereocenters. The van der Waals surface area contributed by atoms with Gasteiger partial charge in [-0.15, -0.1) is 10.2 Å². The van der Waals surface area contributed by atoms with Crippen LogP contribution in [-0.2, 0) is 0 Å². The lowest BCUT2D eigenvalue weighted by Crippen LogP contribution is -2.43.